The molecule has 1 spiro atoms. The van der Waals surface area contributed by atoms with Crippen LogP contribution < -0.4 is 5.32 Å². The highest BCUT2D eigenvalue weighted by Crippen LogP contribution is 2.48. The summed E-state index contributed by atoms with van der Waals surface area (Å²) in [4.78, 5) is 32.4. The summed E-state index contributed by atoms with van der Waals surface area (Å²) < 4.78 is 1.78. The van der Waals surface area contributed by atoms with Crippen LogP contribution in [0.3, 0.4) is 0 Å². The summed E-state index contributed by atoms with van der Waals surface area (Å²) in [6.07, 6.45) is 6.31. The highest BCUT2D eigenvalue weighted by atomic mass is 35.5. The van der Waals surface area contributed by atoms with Crippen LogP contribution in [0.5, 0.6) is 0 Å². The number of urea groups is 1. The van der Waals surface area contributed by atoms with Gasteiger partial charge in [0.15, 0.2) is 0 Å². The third-order valence-electron chi connectivity index (χ3n) is 5.45. The van der Waals surface area contributed by atoms with E-state index in [2.05, 4.69) is 10.3 Å². The number of pyridine rings is 1. The maximum atomic E-state index is 12.8. The Kier molecular flexibility index (Phi) is 4.06. The lowest BCUT2D eigenvalue weighted by atomic mass is 9.65. The van der Waals surface area contributed by atoms with Crippen LogP contribution >= 0.6 is 11.6 Å². The number of hydrogen-bond donors (Lipinski definition) is 1. The minimum absolute atomic E-state index is 0.0394. The third-order valence-corrected chi connectivity index (χ3v) is 5.68. The third kappa shape index (κ3) is 3.00. The topological polar surface area (TPSA) is 70.0 Å². The summed E-state index contributed by atoms with van der Waals surface area (Å²) >= 11 is 5.99. The number of fused-ring (bicyclic) bond motifs is 1. The van der Waals surface area contributed by atoms with E-state index in [1.54, 1.807) is 47.9 Å². The zero-order valence-electron chi connectivity index (χ0n) is 14.9. The molecule has 8 heteroatoms. The molecule has 3 heterocycles. The van der Waals surface area contributed by atoms with Gasteiger partial charge in [-0.3, -0.25) is 4.79 Å². The lowest BCUT2D eigenvalue weighted by Gasteiger charge is -2.45. The first kappa shape index (κ1) is 17.1. The first-order valence-corrected chi connectivity index (χ1v) is 9.14. The van der Waals surface area contributed by atoms with Gasteiger partial charge in [0.25, 0.3) is 5.91 Å². The molecule has 1 N–H and O–H groups in total. The number of hydrogen-bond acceptors (Lipinski definition) is 3. The fourth-order valence-corrected chi connectivity index (χ4v) is 4.23. The second-order valence-electron chi connectivity index (χ2n) is 7.66. The molecule has 2 aliphatic rings. The van der Waals surface area contributed by atoms with Crippen molar-refractivity contribution in [2.45, 2.75) is 25.3 Å². The molecule has 1 aliphatic carbocycles. The summed E-state index contributed by atoms with van der Waals surface area (Å²) in [5.41, 5.74) is 1.30. The number of halogens is 1. The Bertz CT molecular complexity index is 872. The molecule has 0 bridgehead atoms. The minimum Gasteiger partial charge on any atom is -0.337 e. The zero-order valence-corrected chi connectivity index (χ0v) is 15.7. The van der Waals surface area contributed by atoms with Gasteiger partial charge < -0.3 is 19.5 Å². The number of imidazole rings is 1. The molecule has 26 heavy (non-hydrogen) atoms. The first-order chi connectivity index (χ1) is 12.3. The van der Waals surface area contributed by atoms with Gasteiger partial charge in [-0.2, -0.15) is 0 Å². The smallest absolute Gasteiger partial charge is 0.317 e. The van der Waals surface area contributed by atoms with E-state index in [4.69, 9.17) is 11.6 Å². The van der Waals surface area contributed by atoms with Crippen LogP contribution in [0.4, 0.5) is 4.79 Å². The van der Waals surface area contributed by atoms with Gasteiger partial charge in [0.05, 0.1) is 5.02 Å². The summed E-state index contributed by atoms with van der Waals surface area (Å²) in [6, 6.07) is 3.71. The van der Waals surface area contributed by atoms with Gasteiger partial charge >= 0.3 is 6.03 Å². The number of carbonyl (C=O) groups excluding carboxylic acids is 2. The highest BCUT2D eigenvalue weighted by Gasteiger charge is 2.50. The molecule has 3 amide bonds. The molecule has 0 aromatic carbocycles. The van der Waals surface area contributed by atoms with Crippen molar-refractivity contribution in [2.75, 3.05) is 27.2 Å². The van der Waals surface area contributed by atoms with Crippen molar-refractivity contribution >= 4 is 29.2 Å². The van der Waals surface area contributed by atoms with E-state index in [0.717, 1.165) is 32.4 Å². The van der Waals surface area contributed by atoms with E-state index in [0.29, 0.717) is 16.4 Å². The van der Waals surface area contributed by atoms with Gasteiger partial charge in [0.2, 0.25) is 0 Å². The van der Waals surface area contributed by atoms with E-state index in [1.807, 2.05) is 4.90 Å². The molecule has 1 saturated carbocycles. The van der Waals surface area contributed by atoms with E-state index in [1.165, 1.54) is 0 Å². The molecule has 138 valence electrons. The van der Waals surface area contributed by atoms with E-state index in [-0.39, 0.29) is 23.4 Å². The van der Waals surface area contributed by atoms with Crippen LogP contribution in [0, 0.1) is 5.41 Å². The molecule has 2 aromatic heterocycles. The van der Waals surface area contributed by atoms with Crippen molar-refractivity contribution < 1.29 is 9.59 Å². The molecule has 4 rings (SSSR count). The lowest BCUT2D eigenvalue weighted by Crippen LogP contribution is -2.54. The van der Waals surface area contributed by atoms with Crippen LogP contribution in [-0.2, 0) is 0 Å². The fraction of sp³-hybridized carbons (Fsp3) is 0.500. The summed E-state index contributed by atoms with van der Waals surface area (Å²) in [5.74, 6) is -0.0394. The average molecular weight is 376 g/mol. The van der Waals surface area contributed by atoms with Crippen LogP contribution in [0.1, 0.15) is 29.8 Å². The van der Waals surface area contributed by atoms with Crippen LogP contribution in [0.2, 0.25) is 5.02 Å². The van der Waals surface area contributed by atoms with Crippen LogP contribution in [-0.4, -0.2) is 64.3 Å². The zero-order chi connectivity index (χ0) is 18.5. The monoisotopic (exact) mass is 375 g/mol. The predicted octanol–water partition coefficient (Wildman–Crippen LogP) is 2.25. The van der Waals surface area contributed by atoms with Crippen molar-refractivity contribution in [3.8, 4) is 0 Å². The van der Waals surface area contributed by atoms with Gasteiger partial charge in [-0.05, 0) is 36.8 Å². The number of amides is 3. The van der Waals surface area contributed by atoms with Crippen LogP contribution in [0.25, 0.3) is 5.65 Å². The molecule has 2 aromatic rings. The number of carbonyl (C=O) groups is 2. The van der Waals surface area contributed by atoms with Crippen molar-refractivity contribution in [1.29, 1.82) is 0 Å². The number of likely N-dealkylation sites (tertiary alicyclic amines) is 1. The molecule has 1 aliphatic heterocycles. The maximum absolute atomic E-state index is 12.8. The Morgan fingerprint density at radius 3 is 2.81 bits per heavy atom. The number of aromatic nitrogens is 2. The van der Waals surface area contributed by atoms with Crippen molar-refractivity contribution in [1.82, 2.24) is 24.5 Å². The quantitative estimate of drug-likeness (QED) is 0.875. The maximum Gasteiger partial charge on any atom is 0.317 e. The highest BCUT2D eigenvalue weighted by molar-refractivity contribution is 6.30. The molecule has 0 atom stereocenters. The first-order valence-electron chi connectivity index (χ1n) is 8.77. The van der Waals surface area contributed by atoms with E-state index < -0.39 is 0 Å². The Hall–Kier alpha value is -2.28. The normalized spacial score (nSPS) is 24.7. The van der Waals surface area contributed by atoms with E-state index >= 15 is 0 Å². The predicted molar refractivity (Wildman–Crippen MR) is 98.4 cm³/mol. The molecule has 0 unspecified atom stereocenters. The van der Waals surface area contributed by atoms with E-state index in [9.17, 15) is 9.59 Å². The van der Waals surface area contributed by atoms with Crippen molar-refractivity contribution in [2.24, 2.45) is 5.41 Å². The molecule has 7 nitrogen and oxygen atoms in total. The number of rotatable bonds is 2. The standard InChI is InChI=1S/C18H22ClN5O2/c1-22(2)17(26)20-13-7-18(8-13)5-6-23(11-18)16(25)14-10-24-9-12(19)3-4-15(24)21-14/h3-4,9-10,13H,5-8,11H2,1-2H3,(H,20,26). The average Bonchev–Trinajstić information content (AvgIpc) is 3.17. The van der Waals surface area contributed by atoms with Crippen molar-refractivity contribution in [3.63, 3.8) is 0 Å². The summed E-state index contributed by atoms with van der Waals surface area (Å²) in [6.45, 7) is 1.47. The molecular weight excluding hydrogens is 354 g/mol. The number of nitrogens with zero attached hydrogens (tertiary/aromatic N) is 4. The number of nitrogens with one attached hydrogen (secondary N) is 1. The van der Waals surface area contributed by atoms with Gasteiger partial charge in [-0.15, -0.1) is 0 Å². The van der Waals surface area contributed by atoms with Crippen LogP contribution in [0.15, 0.2) is 24.5 Å². The summed E-state index contributed by atoms with van der Waals surface area (Å²) in [5, 5.41) is 3.63. The summed E-state index contributed by atoms with van der Waals surface area (Å²) in [7, 11) is 3.48. The Labute approximate surface area is 156 Å². The Morgan fingerprint density at radius 2 is 2.08 bits per heavy atom. The van der Waals surface area contributed by atoms with Gasteiger partial charge in [0, 0.05) is 45.6 Å². The second kappa shape index (κ2) is 6.16. The molecular formula is C18H22ClN5O2. The molecule has 0 radical (unpaired) electrons. The SMILES string of the molecule is CN(C)C(=O)NC1CC2(CCN(C(=O)c3cn4cc(Cl)ccc4n3)C2)C1. The van der Waals surface area contributed by atoms with Crippen molar-refractivity contribution in [3.05, 3.63) is 35.2 Å². The van der Waals surface area contributed by atoms with Gasteiger partial charge in [-0.25, -0.2) is 9.78 Å². The van der Waals surface area contributed by atoms with Gasteiger partial charge in [0.1, 0.15) is 11.3 Å². The molecule has 1 saturated heterocycles. The fourth-order valence-electron chi connectivity index (χ4n) is 4.06. The van der Waals surface area contributed by atoms with Gasteiger partial charge in [-0.1, -0.05) is 11.6 Å². The lowest BCUT2D eigenvalue weighted by molar-refractivity contribution is 0.0661. The molecule has 2 fully saturated rings. The second-order valence-corrected chi connectivity index (χ2v) is 8.10. The Balaban J connectivity index is 1.39. The largest absolute Gasteiger partial charge is 0.337 e. The Morgan fingerprint density at radius 1 is 1.31 bits per heavy atom. The minimum atomic E-state index is -0.0564.